The summed E-state index contributed by atoms with van der Waals surface area (Å²) in [6.45, 7) is 0.527. The number of aliphatic hydroxyl groups excluding tert-OH is 1. The first-order valence-electron chi connectivity index (χ1n) is 5.69. The summed E-state index contributed by atoms with van der Waals surface area (Å²) in [6.07, 6.45) is 1.61. The number of pyridine rings is 1. The van der Waals surface area contributed by atoms with E-state index in [4.69, 9.17) is 16.2 Å². The molecule has 5 nitrogen and oxygen atoms in total. The molecule has 0 saturated heterocycles. The molecule has 94 valence electrons. The first-order valence-corrected chi connectivity index (χ1v) is 5.69. The third-order valence-electron chi connectivity index (χ3n) is 2.85. The van der Waals surface area contributed by atoms with E-state index in [0.717, 1.165) is 16.6 Å². The summed E-state index contributed by atoms with van der Waals surface area (Å²) in [7, 11) is 1.87. The summed E-state index contributed by atoms with van der Waals surface area (Å²) < 4.78 is 0. The summed E-state index contributed by atoms with van der Waals surface area (Å²) in [6, 6.07) is 7.69. The zero-order valence-corrected chi connectivity index (χ0v) is 10.2. The number of hydrogen-bond acceptors (Lipinski definition) is 4. The molecule has 2 aromatic rings. The fraction of sp³-hybridized carbons (Fsp3) is 0.231. The van der Waals surface area contributed by atoms with E-state index in [1.807, 2.05) is 36.2 Å². The predicted molar refractivity (Wildman–Crippen MR) is 73.1 cm³/mol. The van der Waals surface area contributed by atoms with Crippen LogP contribution in [0.1, 0.15) is 5.56 Å². The van der Waals surface area contributed by atoms with Crippen molar-refractivity contribution in [2.45, 2.75) is 0 Å². The van der Waals surface area contributed by atoms with Gasteiger partial charge in [-0.1, -0.05) is 18.2 Å². The molecular formula is C13H16N4O. The first-order chi connectivity index (χ1) is 8.65. The molecule has 0 saturated carbocycles. The van der Waals surface area contributed by atoms with E-state index < -0.39 is 0 Å². The number of anilines is 1. The molecule has 5 heteroatoms. The molecule has 0 spiro atoms. The van der Waals surface area contributed by atoms with Gasteiger partial charge in [0.15, 0.2) is 0 Å². The Kier molecular flexibility index (Phi) is 3.43. The highest BCUT2D eigenvalue weighted by atomic mass is 16.3. The number of benzene rings is 1. The zero-order chi connectivity index (χ0) is 13.1. The van der Waals surface area contributed by atoms with Crippen LogP contribution in [0.15, 0.2) is 30.5 Å². The van der Waals surface area contributed by atoms with Crippen molar-refractivity contribution >= 4 is 22.4 Å². The van der Waals surface area contributed by atoms with Crippen LogP contribution in [0.3, 0.4) is 0 Å². The molecule has 4 N–H and O–H groups in total. The Morgan fingerprint density at radius 3 is 2.83 bits per heavy atom. The SMILES string of the molecule is CN(CCO)c1c(C(=N)N)cnc2ccccc12. The number of nitrogens with zero attached hydrogens (tertiary/aromatic N) is 2. The molecule has 0 aliphatic carbocycles. The molecule has 0 amide bonds. The average molecular weight is 244 g/mol. The van der Waals surface area contributed by atoms with Crippen molar-refractivity contribution in [1.82, 2.24) is 4.98 Å². The lowest BCUT2D eigenvalue weighted by Gasteiger charge is -2.22. The van der Waals surface area contributed by atoms with Crippen molar-refractivity contribution in [2.75, 3.05) is 25.1 Å². The minimum atomic E-state index is -0.0203. The Labute approximate surface area is 105 Å². The number of nitrogen functional groups attached to an aromatic ring is 1. The number of aliphatic hydroxyl groups is 1. The molecule has 0 bridgehead atoms. The molecule has 18 heavy (non-hydrogen) atoms. The maximum atomic E-state index is 9.06. The Morgan fingerprint density at radius 2 is 2.17 bits per heavy atom. The number of para-hydroxylation sites is 1. The lowest BCUT2D eigenvalue weighted by molar-refractivity contribution is 0.304. The van der Waals surface area contributed by atoms with Crippen LogP contribution < -0.4 is 10.6 Å². The van der Waals surface area contributed by atoms with E-state index in [1.165, 1.54) is 0 Å². The minimum absolute atomic E-state index is 0.0203. The lowest BCUT2D eigenvalue weighted by atomic mass is 10.1. The van der Waals surface area contributed by atoms with Gasteiger partial charge in [0.25, 0.3) is 0 Å². The van der Waals surface area contributed by atoms with Gasteiger partial charge < -0.3 is 15.7 Å². The molecule has 0 aliphatic rings. The third-order valence-corrected chi connectivity index (χ3v) is 2.85. The van der Waals surface area contributed by atoms with Gasteiger partial charge in [-0.05, 0) is 6.07 Å². The second-order valence-electron chi connectivity index (χ2n) is 4.10. The van der Waals surface area contributed by atoms with E-state index in [-0.39, 0.29) is 12.4 Å². The van der Waals surface area contributed by atoms with E-state index in [1.54, 1.807) is 6.20 Å². The van der Waals surface area contributed by atoms with E-state index in [2.05, 4.69) is 4.98 Å². The summed E-state index contributed by atoms with van der Waals surface area (Å²) in [5.74, 6) is -0.0203. The third kappa shape index (κ3) is 2.12. The van der Waals surface area contributed by atoms with Crippen LogP contribution in [-0.4, -0.2) is 36.1 Å². The number of amidine groups is 1. The summed E-state index contributed by atoms with van der Waals surface area (Å²) in [4.78, 5) is 6.19. The standard InChI is InChI=1S/C13H16N4O/c1-17(6-7-18)12-9-4-2-3-5-11(9)16-8-10(12)13(14)15/h2-5,8,18H,6-7H2,1H3,(H3,14,15). The number of nitrogens with one attached hydrogen (secondary N) is 1. The normalized spacial score (nSPS) is 10.6. The van der Waals surface area contributed by atoms with Crippen LogP contribution in [0.25, 0.3) is 10.9 Å². The van der Waals surface area contributed by atoms with Crippen LogP contribution in [0.2, 0.25) is 0 Å². The van der Waals surface area contributed by atoms with Gasteiger partial charge in [0.1, 0.15) is 5.84 Å². The molecule has 1 heterocycles. The molecular weight excluding hydrogens is 228 g/mol. The van der Waals surface area contributed by atoms with Crippen molar-refractivity contribution in [1.29, 1.82) is 5.41 Å². The monoisotopic (exact) mass is 244 g/mol. The smallest absolute Gasteiger partial charge is 0.126 e. The topological polar surface area (TPSA) is 86.2 Å². The first kappa shape index (κ1) is 12.3. The van der Waals surface area contributed by atoms with Gasteiger partial charge in [0, 0.05) is 25.2 Å². The largest absolute Gasteiger partial charge is 0.395 e. The van der Waals surface area contributed by atoms with Gasteiger partial charge in [0.2, 0.25) is 0 Å². The summed E-state index contributed by atoms with van der Waals surface area (Å²) >= 11 is 0. The van der Waals surface area contributed by atoms with Crippen molar-refractivity contribution in [3.8, 4) is 0 Å². The second kappa shape index (κ2) is 5.01. The highest BCUT2D eigenvalue weighted by molar-refractivity contribution is 6.07. The minimum Gasteiger partial charge on any atom is -0.395 e. The highest BCUT2D eigenvalue weighted by Crippen LogP contribution is 2.28. The second-order valence-corrected chi connectivity index (χ2v) is 4.10. The highest BCUT2D eigenvalue weighted by Gasteiger charge is 2.14. The quantitative estimate of drug-likeness (QED) is 0.552. The van der Waals surface area contributed by atoms with Crippen LogP contribution >= 0.6 is 0 Å². The Hall–Kier alpha value is -2.14. The predicted octanol–water partition coefficient (Wildman–Crippen LogP) is 0.947. The van der Waals surface area contributed by atoms with Gasteiger partial charge >= 0.3 is 0 Å². The molecule has 2 rings (SSSR count). The van der Waals surface area contributed by atoms with Gasteiger partial charge in [-0.3, -0.25) is 10.4 Å². The molecule has 1 aromatic heterocycles. The van der Waals surface area contributed by atoms with Gasteiger partial charge in [-0.15, -0.1) is 0 Å². The molecule has 0 fully saturated rings. The van der Waals surface area contributed by atoms with E-state index in [9.17, 15) is 0 Å². The van der Waals surface area contributed by atoms with Gasteiger partial charge in [0.05, 0.1) is 23.4 Å². The molecule has 0 radical (unpaired) electrons. The lowest BCUT2D eigenvalue weighted by Crippen LogP contribution is -2.25. The Morgan fingerprint density at radius 1 is 1.44 bits per heavy atom. The molecule has 0 unspecified atom stereocenters. The number of nitrogens with two attached hydrogens (primary N) is 1. The van der Waals surface area contributed by atoms with E-state index >= 15 is 0 Å². The number of aromatic nitrogens is 1. The van der Waals surface area contributed by atoms with Crippen molar-refractivity contribution in [3.63, 3.8) is 0 Å². The fourth-order valence-electron chi connectivity index (χ4n) is 2.00. The van der Waals surface area contributed by atoms with Crippen LogP contribution in [-0.2, 0) is 0 Å². The molecule has 1 aromatic carbocycles. The van der Waals surface area contributed by atoms with Crippen molar-refractivity contribution in [3.05, 3.63) is 36.0 Å². The number of hydrogen-bond donors (Lipinski definition) is 3. The van der Waals surface area contributed by atoms with Gasteiger partial charge in [-0.25, -0.2) is 0 Å². The maximum absolute atomic E-state index is 9.06. The van der Waals surface area contributed by atoms with Crippen molar-refractivity contribution in [2.24, 2.45) is 5.73 Å². The Balaban J connectivity index is 2.70. The summed E-state index contributed by atoms with van der Waals surface area (Å²) in [5.41, 5.74) is 7.87. The van der Waals surface area contributed by atoms with E-state index in [0.29, 0.717) is 12.1 Å². The van der Waals surface area contributed by atoms with Crippen molar-refractivity contribution < 1.29 is 5.11 Å². The Bertz CT molecular complexity index is 582. The van der Waals surface area contributed by atoms with Crippen LogP contribution in [0.5, 0.6) is 0 Å². The summed E-state index contributed by atoms with van der Waals surface area (Å²) in [5, 5.41) is 17.6. The van der Waals surface area contributed by atoms with Crippen LogP contribution in [0, 0.1) is 5.41 Å². The number of fused-ring (bicyclic) bond motifs is 1. The van der Waals surface area contributed by atoms with Crippen LogP contribution in [0.4, 0.5) is 5.69 Å². The zero-order valence-electron chi connectivity index (χ0n) is 10.2. The molecule has 0 atom stereocenters. The fourth-order valence-corrected chi connectivity index (χ4v) is 2.00. The number of rotatable bonds is 4. The molecule has 0 aliphatic heterocycles. The average Bonchev–Trinajstić information content (AvgIpc) is 2.37. The maximum Gasteiger partial charge on any atom is 0.126 e. The number of likely N-dealkylation sites (N-methyl/N-ethyl adjacent to an activating group) is 1. The van der Waals surface area contributed by atoms with Gasteiger partial charge in [-0.2, -0.15) is 0 Å².